The van der Waals surface area contributed by atoms with E-state index in [4.69, 9.17) is 4.74 Å². The zero-order chi connectivity index (χ0) is 14.0. The predicted molar refractivity (Wildman–Crippen MR) is 74.0 cm³/mol. The van der Waals surface area contributed by atoms with Crippen molar-refractivity contribution in [2.45, 2.75) is 24.8 Å². The molecule has 1 aliphatic heterocycles. The molecule has 0 aliphatic carbocycles. The van der Waals surface area contributed by atoms with Crippen LogP contribution in [0.15, 0.2) is 23.1 Å². The molecule has 1 saturated heterocycles. The van der Waals surface area contributed by atoms with Crippen LogP contribution in [0, 0.1) is 6.92 Å². The molecule has 0 saturated carbocycles. The summed E-state index contributed by atoms with van der Waals surface area (Å²) in [4.78, 5) is 0.333. The number of nitrogens with one attached hydrogen (secondary N) is 1. The first kappa shape index (κ1) is 14.3. The predicted octanol–water partition coefficient (Wildman–Crippen LogP) is 0.986. The molecule has 0 aromatic heterocycles. The first-order valence-electron chi connectivity index (χ1n) is 6.33. The van der Waals surface area contributed by atoms with Gasteiger partial charge >= 0.3 is 0 Å². The Morgan fingerprint density at radius 1 is 1.42 bits per heavy atom. The Hall–Kier alpha value is -1.11. The number of hydrogen-bond acceptors (Lipinski definition) is 4. The van der Waals surface area contributed by atoms with Gasteiger partial charge in [-0.1, -0.05) is 0 Å². The van der Waals surface area contributed by atoms with Gasteiger partial charge in [0.15, 0.2) is 0 Å². The fourth-order valence-corrected chi connectivity index (χ4v) is 3.89. The molecule has 0 spiro atoms. The Labute approximate surface area is 114 Å². The lowest BCUT2D eigenvalue weighted by Crippen LogP contribution is -2.51. The Morgan fingerprint density at radius 3 is 2.74 bits per heavy atom. The number of sulfonamides is 1. The zero-order valence-corrected chi connectivity index (χ0v) is 12.3. The molecule has 1 heterocycles. The highest BCUT2D eigenvalue weighted by Gasteiger charge is 2.28. The molecule has 1 fully saturated rings. The molecular weight excluding hydrogens is 264 g/mol. The van der Waals surface area contributed by atoms with Crippen LogP contribution in [-0.4, -0.2) is 45.5 Å². The van der Waals surface area contributed by atoms with Crippen LogP contribution in [0.2, 0.25) is 0 Å². The molecule has 6 heteroatoms. The van der Waals surface area contributed by atoms with E-state index in [1.54, 1.807) is 25.3 Å². The van der Waals surface area contributed by atoms with E-state index in [2.05, 4.69) is 5.32 Å². The third kappa shape index (κ3) is 2.91. The second-order valence-electron chi connectivity index (χ2n) is 4.85. The topological polar surface area (TPSA) is 58.6 Å². The summed E-state index contributed by atoms with van der Waals surface area (Å²) < 4.78 is 31.8. The van der Waals surface area contributed by atoms with Gasteiger partial charge in [-0.3, -0.25) is 0 Å². The van der Waals surface area contributed by atoms with Crippen molar-refractivity contribution in [1.82, 2.24) is 9.62 Å². The molecule has 0 radical (unpaired) electrons. The highest BCUT2D eigenvalue weighted by atomic mass is 32.2. The minimum atomic E-state index is -3.40. The molecule has 0 bridgehead atoms. The van der Waals surface area contributed by atoms with Gasteiger partial charge in [0.05, 0.1) is 12.0 Å². The molecule has 2 rings (SSSR count). The highest BCUT2D eigenvalue weighted by Crippen LogP contribution is 2.24. The van der Waals surface area contributed by atoms with E-state index >= 15 is 0 Å². The van der Waals surface area contributed by atoms with E-state index in [1.807, 2.05) is 13.8 Å². The Bertz CT molecular complexity index is 557. The van der Waals surface area contributed by atoms with Gasteiger partial charge in [-0.15, -0.1) is 0 Å². The Balaban J connectivity index is 2.31. The van der Waals surface area contributed by atoms with Gasteiger partial charge in [0.2, 0.25) is 10.0 Å². The first-order chi connectivity index (χ1) is 8.95. The van der Waals surface area contributed by atoms with Gasteiger partial charge < -0.3 is 10.1 Å². The summed E-state index contributed by atoms with van der Waals surface area (Å²) in [6.07, 6.45) is 0. The summed E-state index contributed by atoms with van der Waals surface area (Å²) >= 11 is 0. The van der Waals surface area contributed by atoms with Gasteiger partial charge in [0.1, 0.15) is 5.75 Å². The molecule has 106 valence electrons. The SMILES string of the molecule is COc1ccc(S(=O)(=O)N2CCN[C@H](C)C2)cc1C. The van der Waals surface area contributed by atoms with Crippen molar-refractivity contribution in [3.8, 4) is 5.75 Å². The number of hydrogen-bond donors (Lipinski definition) is 1. The van der Waals surface area contributed by atoms with Crippen LogP contribution >= 0.6 is 0 Å². The maximum atomic E-state index is 12.5. The number of benzene rings is 1. The van der Waals surface area contributed by atoms with Crippen molar-refractivity contribution in [2.75, 3.05) is 26.7 Å². The summed E-state index contributed by atoms with van der Waals surface area (Å²) in [5.74, 6) is 0.702. The van der Waals surface area contributed by atoms with Crippen molar-refractivity contribution in [3.63, 3.8) is 0 Å². The van der Waals surface area contributed by atoms with Gasteiger partial charge in [-0.25, -0.2) is 8.42 Å². The van der Waals surface area contributed by atoms with Gasteiger partial charge in [-0.2, -0.15) is 4.31 Å². The fraction of sp³-hybridized carbons (Fsp3) is 0.538. The van der Waals surface area contributed by atoms with Crippen LogP contribution in [0.3, 0.4) is 0 Å². The molecule has 0 amide bonds. The van der Waals surface area contributed by atoms with Crippen molar-refractivity contribution < 1.29 is 13.2 Å². The Morgan fingerprint density at radius 2 is 2.16 bits per heavy atom. The van der Waals surface area contributed by atoms with Crippen LogP contribution in [0.5, 0.6) is 5.75 Å². The lowest BCUT2D eigenvalue weighted by Gasteiger charge is -2.31. The summed E-state index contributed by atoms with van der Waals surface area (Å²) in [5.41, 5.74) is 0.826. The molecule has 19 heavy (non-hydrogen) atoms. The van der Waals surface area contributed by atoms with Gasteiger partial charge in [0.25, 0.3) is 0 Å². The molecule has 1 N–H and O–H groups in total. The van der Waals surface area contributed by atoms with E-state index in [-0.39, 0.29) is 6.04 Å². The molecule has 1 aliphatic rings. The molecule has 1 aromatic carbocycles. The standard InChI is InChI=1S/C13H20N2O3S/c1-10-8-12(4-5-13(10)18-3)19(16,17)15-7-6-14-11(2)9-15/h4-5,8,11,14H,6-7,9H2,1-3H3/t11-/m1/s1. The van der Waals surface area contributed by atoms with Gasteiger partial charge in [-0.05, 0) is 37.6 Å². The van der Waals surface area contributed by atoms with Crippen molar-refractivity contribution >= 4 is 10.0 Å². The van der Waals surface area contributed by atoms with E-state index < -0.39 is 10.0 Å². The molecule has 5 nitrogen and oxygen atoms in total. The lowest BCUT2D eigenvalue weighted by molar-refractivity contribution is 0.310. The van der Waals surface area contributed by atoms with Crippen LogP contribution in [0.4, 0.5) is 0 Å². The average Bonchev–Trinajstić information content (AvgIpc) is 2.38. The molecule has 1 atom stereocenters. The number of aryl methyl sites for hydroxylation is 1. The lowest BCUT2D eigenvalue weighted by atomic mass is 10.2. The van der Waals surface area contributed by atoms with Crippen LogP contribution in [-0.2, 0) is 10.0 Å². The van der Waals surface area contributed by atoms with E-state index in [0.717, 1.165) is 5.56 Å². The highest BCUT2D eigenvalue weighted by molar-refractivity contribution is 7.89. The van der Waals surface area contributed by atoms with Crippen molar-refractivity contribution in [2.24, 2.45) is 0 Å². The maximum absolute atomic E-state index is 12.5. The van der Waals surface area contributed by atoms with Crippen molar-refractivity contribution in [3.05, 3.63) is 23.8 Å². The Kier molecular flexibility index (Phi) is 4.13. The van der Waals surface area contributed by atoms with Gasteiger partial charge in [0, 0.05) is 25.7 Å². The number of rotatable bonds is 3. The van der Waals surface area contributed by atoms with E-state index in [9.17, 15) is 8.42 Å². The third-order valence-corrected chi connectivity index (χ3v) is 5.20. The minimum Gasteiger partial charge on any atom is -0.496 e. The zero-order valence-electron chi connectivity index (χ0n) is 11.5. The second-order valence-corrected chi connectivity index (χ2v) is 6.79. The number of methoxy groups -OCH3 is 1. The minimum absolute atomic E-state index is 0.183. The number of piperazine rings is 1. The van der Waals surface area contributed by atoms with E-state index in [0.29, 0.717) is 30.3 Å². The second kappa shape index (κ2) is 5.48. The third-order valence-electron chi connectivity index (χ3n) is 3.34. The number of ether oxygens (including phenoxy) is 1. The quantitative estimate of drug-likeness (QED) is 0.899. The number of nitrogens with zero attached hydrogens (tertiary/aromatic N) is 1. The summed E-state index contributed by atoms with van der Waals surface area (Å²) in [5, 5.41) is 3.24. The normalized spacial score (nSPS) is 21.3. The molecular formula is C13H20N2O3S. The monoisotopic (exact) mass is 284 g/mol. The van der Waals surface area contributed by atoms with Crippen LogP contribution in [0.1, 0.15) is 12.5 Å². The summed E-state index contributed by atoms with van der Waals surface area (Å²) in [7, 11) is -1.83. The smallest absolute Gasteiger partial charge is 0.243 e. The largest absolute Gasteiger partial charge is 0.496 e. The van der Waals surface area contributed by atoms with Crippen molar-refractivity contribution in [1.29, 1.82) is 0 Å². The van der Waals surface area contributed by atoms with Crippen LogP contribution in [0.25, 0.3) is 0 Å². The van der Waals surface area contributed by atoms with Crippen LogP contribution < -0.4 is 10.1 Å². The van der Waals surface area contributed by atoms with E-state index in [1.165, 1.54) is 4.31 Å². The maximum Gasteiger partial charge on any atom is 0.243 e. The summed E-state index contributed by atoms with van der Waals surface area (Å²) in [6, 6.07) is 5.16. The summed E-state index contributed by atoms with van der Waals surface area (Å²) in [6.45, 7) is 5.54. The average molecular weight is 284 g/mol. The molecule has 0 unspecified atom stereocenters. The fourth-order valence-electron chi connectivity index (χ4n) is 2.28. The molecule has 1 aromatic rings. The first-order valence-corrected chi connectivity index (χ1v) is 7.77.